The van der Waals surface area contributed by atoms with Gasteiger partial charge in [-0.3, -0.25) is 4.90 Å². The third-order valence-electron chi connectivity index (χ3n) is 5.19. The summed E-state index contributed by atoms with van der Waals surface area (Å²) in [7, 11) is 3.68. The van der Waals surface area contributed by atoms with Gasteiger partial charge in [0.25, 0.3) is 0 Å². The molecular weight excluding hydrogens is 390 g/mol. The number of rotatable bonds is 6. The SMILES string of the molecule is COc1cc(-c2nc(CN(C)[C@H](C)c3nc(C)sc3C)c(C)o2)cc2c1OCO2. The number of hydrogen-bond acceptors (Lipinski definition) is 8. The quantitative estimate of drug-likeness (QED) is 0.580. The molecule has 1 aliphatic rings. The van der Waals surface area contributed by atoms with Crippen molar-refractivity contribution >= 4 is 11.3 Å². The fourth-order valence-corrected chi connectivity index (χ4v) is 4.37. The number of hydrogen-bond donors (Lipinski definition) is 0. The minimum absolute atomic E-state index is 0.184. The van der Waals surface area contributed by atoms with Gasteiger partial charge in [0.2, 0.25) is 18.4 Å². The zero-order valence-electron chi connectivity index (χ0n) is 17.5. The smallest absolute Gasteiger partial charge is 0.231 e. The van der Waals surface area contributed by atoms with Crippen molar-refractivity contribution in [3.8, 4) is 28.7 Å². The predicted molar refractivity (Wildman–Crippen MR) is 111 cm³/mol. The Hall–Kier alpha value is -2.58. The van der Waals surface area contributed by atoms with Crippen molar-refractivity contribution in [2.45, 2.75) is 40.3 Å². The number of fused-ring (bicyclic) bond motifs is 1. The summed E-state index contributed by atoms with van der Waals surface area (Å²) in [5, 5.41) is 1.09. The van der Waals surface area contributed by atoms with Crippen molar-refractivity contribution in [3.05, 3.63) is 39.2 Å². The van der Waals surface area contributed by atoms with Crippen LogP contribution in [-0.4, -0.2) is 35.8 Å². The second-order valence-electron chi connectivity index (χ2n) is 7.20. The second-order valence-corrected chi connectivity index (χ2v) is 8.61. The first-order valence-electron chi connectivity index (χ1n) is 9.45. The zero-order valence-corrected chi connectivity index (χ0v) is 18.3. The molecule has 3 heterocycles. The number of ether oxygens (including phenoxy) is 3. The van der Waals surface area contributed by atoms with E-state index in [1.165, 1.54) is 4.88 Å². The van der Waals surface area contributed by atoms with E-state index in [1.54, 1.807) is 18.4 Å². The second kappa shape index (κ2) is 7.68. The Morgan fingerprint density at radius 2 is 2.00 bits per heavy atom. The van der Waals surface area contributed by atoms with Crippen LogP contribution in [0.15, 0.2) is 16.5 Å². The van der Waals surface area contributed by atoms with Gasteiger partial charge in [-0.05, 0) is 46.9 Å². The van der Waals surface area contributed by atoms with E-state index >= 15 is 0 Å². The van der Waals surface area contributed by atoms with Gasteiger partial charge in [-0.1, -0.05) is 0 Å². The lowest BCUT2D eigenvalue weighted by Gasteiger charge is -2.23. The summed E-state index contributed by atoms with van der Waals surface area (Å²) in [4.78, 5) is 12.9. The molecule has 1 aliphatic heterocycles. The molecule has 29 heavy (non-hydrogen) atoms. The first-order chi connectivity index (χ1) is 13.9. The summed E-state index contributed by atoms with van der Waals surface area (Å²) in [5.74, 6) is 3.18. The van der Waals surface area contributed by atoms with E-state index in [-0.39, 0.29) is 12.8 Å². The normalized spacial score (nSPS) is 13.9. The topological polar surface area (TPSA) is 69.9 Å². The third kappa shape index (κ3) is 3.70. The number of methoxy groups -OCH3 is 1. The highest BCUT2D eigenvalue weighted by atomic mass is 32.1. The van der Waals surface area contributed by atoms with Crippen LogP contribution < -0.4 is 14.2 Å². The molecule has 0 spiro atoms. The summed E-state index contributed by atoms with van der Waals surface area (Å²) in [6, 6.07) is 3.91. The molecule has 0 amide bonds. The Bertz CT molecular complexity index is 1040. The summed E-state index contributed by atoms with van der Waals surface area (Å²) < 4.78 is 22.4. The Morgan fingerprint density at radius 1 is 1.21 bits per heavy atom. The minimum Gasteiger partial charge on any atom is -0.493 e. The average molecular weight is 416 g/mol. The minimum atomic E-state index is 0.184. The van der Waals surface area contributed by atoms with Gasteiger partial charge in [0, 0.05) is 17.0 Å². The van der Waals surface area contributed by atoms with E-state index < -0.39 is 0 Å². The van der Waals surface area contributed by atoms with E-state index in [9.17, 15) is 0 Å². The number of aromatic nitrogens is 2. The zero-order chi connectivity index (χ0) is 20.7. The van der Waals surface area contributed by atoms with Crippen molar-refractivity contribution in [1.82, 2.24) is 14.9 Å². The molecule has 2 aromatic heterocycles. The van der Waals surface area contributed by atoms with Crippen molar-refractivity contribution in [2.75, 3.05) is 21.0 Å². The highest BCUT2D eigenvalue weighted by Crippen LogP contribution is 2.44. The van der Waals surface area contributed by atoms with Gasteiger partial charge in [0.05, 0.1) is 29.5 Å². The number of aryl methyl sites for hydroxylation is 3. The number of oxazole rings is 1. The average Bonchev–Trinajstić information content (AvgIpc) is 3.39. The van der Waals surface area contributed by atoms with Gasteiger partial charge >= 0.3 is 0 Å². The largest absolute Gasteiger partial charge is 0.493 e. The monoisotopic (exact) mass is 415 g/mol. The number of benzene rings is 1. The maximum Gasteiger partial charge on any atom is 0.231 e. The molecule has 7 nitrogen and oxygen atoms in total. The van der Waals surface area contributed by atoms with Crippen LogP contribution in [0.2, 0.25) is 0 Å². The highest BCUT2D eigenvalue weighted by Gasteiger charge is 2.24. The molecule has 0 saturated carbocycles. The lowest BCUT2D eigenvalue weighted by atomic mass is 10.1. The first-order valence-corrected chi connectivity index (χ1v) is 10.3. The molecule has 8 heteroatoms. The molecule has 0 radical (unpaired) electrons. The third-order valence-corrected chi connectivity index (χ3v) is 6.10. The van der Waals surface area contributed by atoms with Gasteiger partial charge in [0.1, 0.15) is 5.76 Å². The highest BCUT2D eigenvalue weighted by molar-refractivity contribution is 7.11. The summed E-state index contributed by atoms with van der Waals surface area (Å²) >= 11 is 1.73. The van der Waals surface area contributed by atoms with E-state index in [2.05, 4.69) is 25.8 Å². The van der Waals surface area contributed by atoms with Crippen molar-refractivity contribution in [3.63, 3.8) is 0 Å². The molecule has 4 rings (SSSR count). The van der Waals surface area contributed by atoms with Crippen LogP contribution in [0.25, 0.3) is 11.5 Å². The molecule has 0 fully saturated rings. The standard InChI is InChI=1S/C21H25N3O4S/c1-11(19-13(3)29-14(4)22-19)24(5)9-16-12(2)28-21(23-16)15-7-17(25-6)20-18(8-15)26-10-27-20/h7-8,11H,9-10H2,1-6H3/t11-/m1/s1. The molecule has 1 aromatic carbocycles. The van der Waals surface area contributed by atoms with Crippen molar-refractivity contribution < 1.29 is 18.6 Å². The molecular formula is C21H25N3O4S. The molecule has 0 N–H and O–H groups in total. The van der Waals surface area contributed by atoms with Gasteiger partial charge in [-0.15, -0.1) is 11.3 Å². The summed E-state index contributed by atoms with van der Waals surface area (Å²) in [5.41, 5.74) is 2.81. The maximum absolute atomic E-state index is 5.97. The van der Waals surface area contributed by atoms with E-state index in [0.29, 0.717) is 29.7 Å². The van der Waals surface area contributed by atoms with Crippen LogP contribution in [0.5, 0.6) is 17.2 Å². The molecule has 0 saturated heterocycles. The molecule has 0 bridgehead atoms. The van der Waals surface area contributed by atoms with Gasteiger partial charge in [-0.25, -0.2) is 9.97 Å². The molecule has 0 unspecified atom stereocenters. The number of nitrogens with zero attached hydrogens (tertiary/aromatic N) is 3. The molecule has 1 atom stereocenters. The van der Waals surface area contributed by atoms with E-state index in [4.69, 9.17) is 28.6 Å². The van der Waals surface area contributed by atoms with E-state index in [0.717, 1.165) is 27.7 Å². The Labute approximate surface area is 174 Å². The summed E-state index contributed by atoms with van der Waals surface area (Å²) in [6.45, 7) is 9.11. The lowest BCUT2D eigenvalue weighted by Crippen LogP contribution is -2.23. The van der Waals surface area contributed by atoms with Crippen LogP contribution in [0.3, 0.4) is 0 Å². The van der Waals surface area contributed by atoms with Gasteiger partial charge in [-0.2, -0.15) is 0 Å². The lowest BCUT2D eigenvalue weighted by molar-refractivity contribution is 0.171. The van der Waals surface area contributed by atoms with Crippen LogP contribution >= 0.6 is 11.3 Å². The first kappa shape index (κ1) is 19.7. The molecule has 3 aromatic rings. The van der Waals surface area contributed by atoms with Crippen LogP contribution in [0.1, 0.15) is 40.0 Å². The van der Waals surface area contributed by atoms with Crippen LogP contribution in [-0.2, 0) is 6.54 Å². The van der Waals surface area contributed by atoms with Crippen molar-refractivity contribution in [2.24, 2.45) is 0 Å². The van der Waals surface area contributed by atoms with Gasteiger partial charge in [0.15, 0.2) is 11.5 Å². The number of thiazole rings is 1. The fourth-order valence-electron chi connectivity index (χ4n) is 3.47. The predicted octanol–water partition coefficient (Wildman–Crippen LogP) is 4.65. The Kier molecular flexibility index (Phi) is 5.23. The fraction of sp³-hybridized carbons (Fsp3) is 0.429. The summed E-state index contributed by atoms with van der Waals surface area (Å²) in [6.07, 6.45) is 0. The van der Waals surface area contributed by atoms with Crippen LogP contribution in [0, 0.1) is 20.8 Å². The van der Waals surface area contributed by atoms with Crippen LogP contribution in [0.4, 0.5) is 0 Å². The Morgan fingerprint density at radius 3 is 2.69 bits per heavy atom. The Balaban J connectivity index is 1.58. The van der Waals surface area contributed by atoms with E-state index in [1.807, 2.05) is 26.0 Å². The molecule has 0 aliphatic carbocycles. The van der Waals surface area contributed by atoms with Crippen molar-refractivity contribution in [1.29, 1.82) is 0 Å². The van der Waals surface area contributed by atoms with Gasteiger partial charge < -0.3 is 18.6 Å². The molecule has 154 valence electrons. The maximum atomic E-state index is 5.97.